The molecule has 1 fully saturated rings. The van der Waals surface area contributed by atoms with Crippen LogP contribution in [0.2, 0.25) is 0 Å². The van der Waals surface area contributed by atoms with E-state index in [1.807, 2.05) is 6.07 Å². The van der Waals surface area contributed by atoms with E-state index in [4.69, 9.17) is 5.73 Å². The average Bonchev–Trinajstić information content (AvgIpc) is 2.88. The van der Waals surface area contributed by atoms with Crippen LogP contribution in [0.15, 0.2) is 24.4 Å². The van der Waals surface area contributed by atoms with Crippen LogP contribution in [0.5, 0.6) is 0 Å². The van der Waals surface area contributed by atoms with Gasteiger partial charge >= 0.3 is 0 Å². The Morgan fingerprint density at radius 2 is 2.32 bits per heavy atom. The maximum Gasteiger partial charge on any atom is 0.245 e. The van der Waals surface area contributed by atoms with Gasteiger partial charge in [-0.05, 0) is 31.9 Å². The Bertz CT molecular complexity index is 463. The fraction of sp³-hybridized carbons (Fsp3) is 0.462. The molecule has 0 aromatic carbocycles. The first-order chi connectivity index (χ1) is 9.09. The van der Waals surface area contributed by atoms with Crippen molar-refractivity contribution in [1.82, 2.24) is 9.88 Å². The SMILES string of the molecule is CC(Nc1ccccn1)C(=O)N1CCC[C@H]1C(N)=O. The number of pyridine rings is 1. The standard InChI is InChI=1S/C13H18N4O2/c1-9(16-11-6-2-3-7-15-11)13(19)17-8-4-5-10(17)12(14)18/h2-3,6-7,9-10H,4-5,8H2,1H3,(H2,14,18)(H,15,16)/t9?,10-/m0/s1. The molecule has 102 valence electrons. The van der Waals surface area contributed by atoms with Crippen molar-refractivity contribution in [3.8, 4) is 0 Å². The van der Waals surface area contributed by atoms with Crippen molar-refractivity contribution in [3.05, 3.63) is 24.4 Å². The Kier molecular flexibility index (Phi) is 3.99. The van der Waals surface area contributed by atoms with Gasteiger partial charge in [-0.1, -0.05) is 6.07 Å². The number of carbonyl (C=O) groups excluding carboxylic acids is 2. The molecule has 0 aliphatic carbocycles. The van der Waals surface area contributed by atoms with Crippen LogP contribution in [-0.4, -0.2) is 40.3 Å². The normalized spacial score (nSPS) is 20.1. The Hall–Kier alpha value is -2.11. The van der Waals surface area contributed by atoms with Crippen LogP contribution in [-0.2, 0) is 9.59 Å². The molecule has 0 bridgehead atoms. The minimum absolute atomic E-state index is 0.119. The van der Waals surface area contributed by atoms with Gasteiger partial charge in [0.25, 0.3) is 0 Å². The van der Waals surface area contributed by atoms with Crippen molar-refractivity contribution in [2.75, 3.05) is 11.9 Å². The lowest BCUT2D eigenvalue weighted by Gasteiger charge is -2.26. The molecule has 1 aromatic rings. The third-order valence-electron chi connectivity index (χ3n) is 3.26. The zero-order chi connectivity index (χ0) is 13.8. The Morgan fingerprint density at radius 3 is 2.95 bits per heavy atom. The van der Waals surface area contributed by atoms with Gasteiger partial charge in [-0.15, -0.1) is 0 Å². The maximum absolute atomic E-state index is 12.3. The molecule has 1 aromatic heterocycles. The first-order valence-corrected chi connectivity index (χ1v) is 6.37. The number of carbonyl (C=O) groups is 2. The van der Waals surface area contributed by atoms with Gasteiger partial charge < -0.3 is 16.0 Å². The fourth-order valence-corrected chi connectivity index (χ4v) is 2.31. The summed E-state index contributed by atoms with van der Waals surface area (Å²) in [6.45, 7) is 2.34. The van der Waals surface area contributed by atoms with E-state index in [-0.39, 0.29) is 5.91 Å². The largest absolute Gasteiger partial charge is 0.368 e. The maximum atomic E-state index is 12.3. The monoisotopic (exact) mass is 262 g/mol. The molecule has 1 aliphatic heterocycles. The Balaban J connectivity index is 2.01. The molecular weight excluding hydrogens is 244 g/mol. The summed E-state index contributed by atoms with van der Waals surface area (Å²) in [6, 6.07) is 4.53. The number of hydrogen-bond acceptors (Lipinski definition) is 4. The van der Waals surface area contributed by atoms with E-state index in [0.29, 0.717) is 18.8 Å². The summed E-state index contributed by atoms with van der Waals surface area (Å²) >= 11 is 0. The molecule has 2 heterocycles. The summed E-state index contributed by atoms with van der Waals surface area (Å²) in [6.07, 6.45) is 3.12. The van der Waals surface area contributed by atoms with Crippen LogP contribution >= 0.6 is 0 Å². The highest BCUT2D eigenvalue weighted by atomic mass is 16.2. The van der Waals surface area contributed by atoms with Crippen LogP contribution in [0.3, 0.4) is 0 Å². The molecule has 19 heavy (non-hydrogen) atoms. The molecule has 1 saturated heterocycles. The quantitative estimate of drug-likeness (QED) is 0.820. The second-order valence-electron chi connectivity index (χ2n) is 4.67. The average molecular weight is 262 g/mol. The van der Waals surface area contributed by atoms with Crippen LogP contribution in [0.1, 0.15) is 19.8 Å². The zero-order valence-corrected chi connectivity index (χ0v) is 10.9. The smallest absolute Gasteiger partial charge is 0.245 e. The van der Waals surface area contributed by atoms with Crippen molar-refractivity contribution in [2.24, 2.45) is 5.73 Å². The van der Waals surface area contributed by atoms with E-state index in [9.17, 15) is 9.59 Å². The molecule has 6 nitrogen and oxygen atoms in total. The predicted octanol–water partition coefficient (Wildman–Crippen LogP) is 0.358. The molecule has 1 unspecified atom stereocenters. The summed E-state index contributed by atoms with van der Waals surface area (Å²) < 4.78 is 0. The van der Waals surface area contributed by atoms with E-state index in [0.717, 1.165) is 6.42 Å². The van der Waals surface area contributed by atoms with Gasteiger partial charge in [0.2, 0.25) is 11.8 Å². The van der Waals surface area contributed by atoms with E-state index in [1.165, 1.54) is 0 Å². The van der Waals surface area contributed by atoms with E-state index in [2.05, 4.69) is 10.3 Å². The highest BCUT2D eigenvalue weighted by Crippen LogP contribution is 2.18. The number of nitrogens with one attached hydrogen (secondary N) is 1. The minimum atomic E-state index is -0.472. The second kappa shape index (κ2) is 5.69. The van der Waals surface area contributed by atoms with E-state index in [1.54, 1.807) is 30.2 Å². The molecule has 2 rings (SSSR count). The number of primary amides is 1. The van der Waals surface area contributed by atoms with Gasteiger partial charge in [-0.2, -0.15) is 0 Å². The third kappa shape index (κ3) is 3.01. The van der Waals surface area contributed by atoms with Crippen molar-refractivity contribution in [2.45, 2.75) is 31.8 Å². The number of anilines is 1. The van der Waals surface area contributed by atoms with Gasteiger partial charge in [-0.25, -0.2) is 4.98 Å². The highest BCUT2D eigenvalue weighted by molar-refractivity contribution is 5.90. The lowest BCUT2D eigenvalue weighted by Crippen LogP contribution is -2.48. The summed E-state index contributed by atoms with van der Waals surface area (Å²) in [4.78, 5) is 29.3. The fourth-order valence-electron chi connectivity index (χ4n) is 2.31. The number of amides is 2. The number of rotatable bonds is 4. The van der Waals surface area contributed by atoms with E-state index < -0.39 is 18.0 Å². The van der Waals surface area contributed by atoms with Gasteiger partial charge in [0.15, 0.2) is 0 Å². The molecule has 2 atom stereocenters. The Morgan fingerprint density at radius 1 is 1.53 bits per heavy atom. The minimum Gasteiger partial charge on any atom is -0.368 e. The molecule has 0 spiro atoms. The lowest BCUT2D eigenvalue weighted by molar-refractivity contribution is -0.137. The topological polar surface area (TPSA) is 88.3 Å². The summed E-state index contributed by atoms with van der Waals surface area (Å²) in [5, 5.41) is 3.02. The highest BCUT2D eigenvalue weighted by Gasteiger charge is 2.34. The van der Waals surface area contributed by atoms with Gasteiger partial charge in [0, 0.05) is 12.7 Å². The summed E-state index contributed by atoms with van der Waals surface area (Å²) in [5.74, 6) is 0.0843. The van der Waals surface area contributed by atoms with E-state index >= 15 is 0 Å². The van der Waals surface area contributed by atoms with Gasteiger partial charge in [0.05, 0.1) is 0 Å². The molecule has 2 amide bonds. The van der Waals surface area contributed by atoms with Crippen molar-refractivity contribution in [3.63, 3.8) is 0 Å². The number of hydrogen-bond donors (Lipinski definition) is 2. The summed E-state index contributed by atoms with van der Waals surface area (Å²) in [5.41, 5.74) is 5.31. The number of nitrogens with two attached hydrogens (primary N) is 1. The second-order valence-corrected chi connectivity index (χ2v) is 4.67. The number of nitrogens with zero attached hydrogens (tertiary/aromatic N) is 2. The first-order valence-electron chi connectivity index (χ1n) is 6.37. The first kappa shape index (κ1) is 13.3. The van der Waals surface area contributed by atoms with Crippen LogP contribution in [0.4, 0.5) is 5.82 Å². The lowest BCUT2D eigenvalue weighted by atomic mass is 10.2. The van der Waals surface area contributed by atoms with Crippen LogP contribution in [0, 0.1) is 0 Å². The number of likely N-dealkylation sites (tertiary alicyclic amines) is 1. The van der Waals surface area contributed by atoms with Gasteiger partial charge in [0.1, 0.15) is 17.9 Å². The molecular formula is C13H18N4O2. The predicted molar refractivity (Wildman–Crippen MR) is 71.3 cm³/mol. The molecule has 1 aliphatic rings. The molecule has 0 saturated carbocycles. The molecule has 0 radical (unpaired) electrons. The molecule has 3 N–H and O–H groups in total. The zero-order valence-electron chi connectivity index (χ0n) is 10.9. The van der Waals surface area contributed by atoms with Gasteiger partial charge in [-0.3, -0.25) is 9.59 Å². The Labute approximate surface area is 112 Å². The van der Waals surface area contributed by atoms with Crippen LogP contribution in [0.25, 0.3) is 0 Å². The van der Waals surface area contributed by atoms with Crippen molar-refractivity contribution in [1.29, 1.82) is 0 Å². The summed E-state index contributed by atoms with van der Waals surface area (Å²) in [7, 11) is 0. The van der Waals surface area contributed by atoms with Crippen molar-refractivity contribution < 1.29 is 9.59 Å². The van der Waals surface area contributed by atoms with Crippen LogP contribution < -0.4 is 11.1 Å². The van der Waals surface area contributed by atoms with Crippen molar-refractivity contribution >= 4 is 17.6 Å². The molecule has 6 heteroatoms. The number of aromatic nitrogens is 1. The third-order valence-corrected chi connectivity index (χ3v) is 3.26.